The highest BCUT2D eigenvalue weighted by Gasteiger charge is 2.12. The number of carbonyl (C=O) groups excluding carboxylic acids is 1. The fourth-order valence-corrected chi connectivity index (χ4v) is 3.30. The number of halogens is 1. The third kappa shape index (κ3) is 5.42. The average molecular weight is 406 g/mol. The molecule has 6 nitrogen and oxygen atoms in total. The van der Waals surface area contributed by atoms with Crippen LogP contribution in [0.2, 0.25) is 5.02 Å². The summed E-state index contributed by atoms with van der Waals surface area (Å²) in [5, 5.41) is 0.620. The summed E-state index contributed by atoms with van der Waals surface area (Å²) >= 11 is 5.85. The van der Waals surface area contributed by atoms with Crippen molar-refractivity contribution in [1.82, 2.24) is 4.98 Å². The topological polar surface area (TPSA) is 86.5 Å². The predicted octanol–water partition coefficient (Wildman–Crippen LogP) is 3.90. The molecule has 2 aromatic carbocycles. The molecule has 1 heterocycles. The molecular formula is C19H16ClNO5S. The van der Waals surface area contributed by atoms with Gasteiger partial charge in [0.1, 0.15) is 0 Å². The van der Waals surface area contributed by atoms with Crippen LogP contribution in [0.25, 0.3) is 11.3 Å². The number of sulfone groups is 1. The van der Waals surface area contributed by atoms with E-state index in [-0.39, 0.29) is 18.3 Å². The monoisotopic (exact) mass is 405 g/mol. The molecule has 0 saturated carbocycles. The van der Waals surface area contributed by atoms with Crippen LogP contribution in [0.1, 0.15) is 21.8 Å². The molecule has 0 unspecified atom stereocenters. The number of esters is 1. The second-order valence-electron chi connectivity index (χ2n) is 5.97. The summed E-state index contributed by atoms with van der Waals surface area (Å²) < 4.78 is 33.3. The van der Waals surface area contributed by atoms with Gasteiger partial charge in [-0.25, -0.2) is 18.2 Å². The first-order valence-corrected chi connectivity index (χ1v) is 10.4. The Hall–Kier alpha value is -2.64. The number of aromatic nitrogens is 1. The Bertz CT molecular complexity index is 1040. The summed E-state index contributed by atoms with van der Waals surface area (Å²) in [6.45, 7) is -0.114. The van der Waals surface area contributed by atoms with Crippen molar-refractivity contribution in [2.24, 2.45) is 0 Å². The lowest BCUT2D eigenvalue weighted by Gasteiger charge is -2.04. The SMILES string of the molecule is CS(=O)(=O)Cc1ccc(C(=O)OCc2ncc(-c3ccc(Cl)cc3)o2)cc1. The molecule has 0 bridgehead atoms. The van der Waals surface area contributed by atoms with Crippen molar-refractivity contribution < 1.29 is 22.4 Å². The molecule has 3 aromatic rings. The second-order valence-corrected chi connectivity index (χ2v) is 8.54. The number of hydrogen-bond acceptors (Lipinski definition) is 6. The maximum atomic E-state index is 12.1. The molecule has 0 N–H and O–H groups in total. The van der Waals surface area contributed by atoms with Crippen LogP contribution in [0.5, 0.6) is 0 Å². The molecule has 0 radical (unpaired) electrons. The molecule has 0 aliphatic heterocycles. The van der Waals surface area contributed by atoms with Gasteiger partial charge in [-0.2, -0.15) is 0 Å². The summed E-state index contributed by atoms with van der Waals surface area (Å²) in [6.07, 6.45) is 2.70. The van der Waals surface area contributed by atoms with Crippen LogP contribution in [0, 0.1) is 0 Å². The van der Waals surface area contributed by atoms with Crippen molar-refractivity contribution in [3.05, 3.63) is 76.8 Å². The van der Waals surface area contributed by atoms with Crippen LogP contribution >= 0.6 is 11.6 Å². The molecule has 0 spiro atoms. The van der Waals surface area contributed by atoms with Crippen LogP contribution in [-0.4, -0.2) is 25.6 Å². The average Bonchev–Trinajstić information content (AvgIpc) is 3.08. The van der Waals surface area contributed by atoms with E-state index in [2.05, 4.69) is 4.98 Å². The number of oxazole rings is 1. The van der Waals surface area contributed by atoms with Gasteiger partial charge in [0.25, 0.3) is 0 Å². The van der Waals surface area contributed by atoms with Crippen LogP contribution in [0.15, 0.2) is 59.1 Å². The van der Waals surface area contributed by atoms with Crippen molar-refractivity contribution in [2.75, 3.05) is 6.26 Å². The van der Waals surface area contributed by atoms with E-state index in [1.54, 1.807) is 42.6 Å². The first kappa shape index (κ1) is 19.1. The van der Waals surface area contributed by atoms with Gasteiger partial charge in [-0.1, -0.05) is 23.7 Å². The summed E-state index contributed by atoms with van der Waals surface area (Å²) in [4.78, 5) is 16.2. The Morgan fingerprint density at radius 2 is 1.78 bits per heavy atom. The summed E-state index contributed by atoms with van der Waals surface area (Å²) in [5.74, 6) is 0.184. The first-order chi connectivity index (χ1) is 12.8. The Labute approximate surface area is 161 Å². The lowest BCUT2D eigenvalue weighted by Crippen LogP contribution is -2.06. The summed E-state index contributed by atoms with van der Waals surface area (Å²) in [5.41, 5.74) is 1.73. The summed E-state index contributed by atoms with van der Waals surface area (Å²) in [6, 6.07) is 13.3. The Morgan fingerprint density at radius 3 is 2.41 bits per heavy atom. The summed E-state index contributed by atoms with van der Waals surface area (Å²) in [7, 11) is -3.12. The van der Waals surface area contributed by atoms with Crippen molar-refractivity contribution >= 4 is 27.4 Å². The van der Waals surface area contributed by atoms with E-state index >= 15 is 0 Å². The lowest BCUT2D eigenvalue weighted by molar-refractivity contribution is 0.0439. The van der Waals surface area contributed by atoms with Crippen LogP contribution in [0.4, 0.5) is 0 Å². The van der Waals surface area contributed by atoms with E-state index in [0.717, 1.165) is 11.8 Å². The van der Waals surface area contributed by atoms with Crippen LogP contribution < -0.4 is 0 Å². The van der Waals surface area contributed by atoms with E-state index in [0.29, 0.717) is 21.9 Å². The second kappa shape index (κ2) is 7.94. The lowest BCUT2D eigenvalue weighted by atomic mass is 10.1. The maximum Gasteiger partial charge on any atom is 0.338 e. The number of nitrogens with zero attached hydrogens (tertiary/aromatic N) is 1. The third-order valence-electron chi connectivity index (χ3n) is 3.63. The molecule has 1 aromatic heterocycles. The van der Waals surface area contributed by atoms with Crippen molar-refractivity contribution in [3.8, 4) is 11.3 Å². The van der Waals surface area contributed by atoms with Crippen LogP contribution in [-0.2, 0) is 26.9 Å². The fraction of sp³-hybridized carbons (Fsp3) is 0.158. The zero-order chi connectivity index (χ0) is 19.4. The van der Waals surface area contributed by atoms with Crippen molar-refractivity contribution in [3.63, 3.8) is 0 Å². The number of carbonyl (C=O) groups is 1. The van der Waals surface area contributed by atoms with Gasteiger partial charge in [-0.3, -0.25) is 0 Å². The molecule has 0 fully saturated rings. The highest BCUT2D eigenvalue weighted by molar-refractivity contribution is 7.89. The molecule has 27 heavy (non-hydrogen) atoms. The van der Waals surface area contributed by atoms with Gasteiger partial charge in [0.15, 0.2) is 22.2 Å². The van der Waals surface area contributed by atoms with Gasteiger partial charge in [-0.15, -0.1) is 0 Å². The molecule has 0 aliphatic carbocycles. The first-order valence-electron chi connectivity index (χ1n) is 7.94. The van der Waals surface area contributed by atoms with E-state index in [1.807, 2.05) is 0 Å². The molecule has 0 saturated heterocycles. The predicted molar refractivity (Wildman–Crippen MR) is 101 cm³/mol. The standard InChI is InChI=1S/C19H16ClNO5S/c1-27(23,24)12-13-2-4-15(5-3-13)19(22)25-11-18-21-10-17(26-18)14-6-8-16(20)9-7-14/h2-10H,11-12H2,1H3. The van der Waals surface area contributed by atoms with Gasteiger partial charge in [-0.05, 0) is 42.0 Å². The minimum atomic E-state index is -3.12. The van der Waals surface area contributed by atoms with Gasteiger partial charge >= 0.3 is 5.97 Å². The Kier molecular flexibility index (Phi) is 5.62. The van der Waals surface area contributed by atoms with Gasteiger partial charge in [0, 0.05) is 16.8 Å². The van der Waals surface area contributed by atoms with E-state index in [1.165, 1.54) is 12.1 Å². The largest absolute Gasteiger partial charge is 0.452 e. The molecule has 140 valence electrons. The van der Waals surface area contributed by atoms with Gasteiger partial charge < -0.3 is 9.15 Å². The maximum absolute atomic E-state index is 12.1. The fourth-order valence-electron chi connectivity index (χ4n) is 2.38. The van der Waals surface area contributed by atoms with Gasteiger partial charge in [0.05, 0.1) is 17.5 Å². The number of hydrogen-bond donors (Lipinski definition) is 0. The number of rotatable bonds is 6. The molecule has 0 amide bonds. The Morgan fingerprint density at radius 1 is 1.11 bits per heavy atom. The van der Waals surface area contributed by atoms with Crippen molar-refractivity contribution in [1.29, 1.82) is 0 Å². The third-order valence-corrected chi connectivity index (χ3v) is 4.74. The van der Waals surface area contributed by atoms with E-state index in [4.69, 9.17) is 20.8 Å². The highest BCUT2D eigenvalue weighted by Crippen LogP contribution is 2.22. The Balaban J connectivity index is 1.60. The number of benzene rings is 2. The zero-order valence-electron chi connectivity index (χ0n) is 14.4. The van der Waals surface area contributed by atoms with E-state index < -0.39 is 15.8 Å². The minimum Gasteiger partial charge on any atom is -0.452 e. The normalized spacial score (nSPS) is 11.3. The highest BCUT2D eigenvalue weighted by atomic mass is 35.5. The smallest absolute Gasteiger partial charge is 0.338 e. The molecule has 0 atom stereocenters. The molecule has 0 aliphatic rings. The minimum absolute atomic E-state index is 0.0773. The number of ether oxygens (including phenoxy) is 1. The van der Waals surface area contributed by atoms with Gasteiger partial charge in [0.2, 0.25) is 5.89 Å². The quantitative estimate of drug-likeness (QED) is 0.578. The molecular weight excluding hydrogens is 390 g/mol. The molecule has 8 heteroatoms. The van der Waals surface area contributed by atoms with Crippen molar-refractivity contribution in [2.45, 2.75) is 12.4 Å². The van der Waals surface area contributed by atoms with Crippen LogP contribution in [0.3, 0.4) is 0 Å². The molecule has 3 rings (SSSR count). The zero-order valence-corrected chi connectivity index (χ0v) is 16.0. The van der Waals surface area contributed by atoms with E-state index in [9.17, 15) is 13.2 Å².